The van der Waals surface area contributed by atoms with Gasteiger partial charge in [0.1, 0.15) is 0 Å². The fourth-order valence-corrected chi connectivity index (χ4v) is 4.40. The first-order valence-corrected chi connectivity index (χ1v) is 11.1. The number of thiazole rings is 1. The van der Waals surface area contributed by atoms with E-state index < -0.39 is 0 Å². The lowest BCUT2D eigenvalue weighted by molar-refractivity contribution is 0.265. The Hall–Kier alpha value is -1.92. The second-order valence-corrected chi connectivity index (χ2v) is 8.86. The highest BCUT2D eigenvalue weighted by atomic mass is 32.1. The second-order valence-electron chi connectivity index (χ2n) is 7.92. The van der Waals surface area contributed by atoms with Crippen LogP contribution in [0.25, 0.3) is 0 Å². The van der Waals surface area contributed by atoms with Crippen LogP contribution in [-0.4, -0.2) is 48.1 Å². The highest BCUT2D eigenvalue weighted by Gasteiger charge is 2.31. The molecule has 2 unspecified atom stereocenters. The van der Waals surface area contributed by atoms with E-state index in [2.05, 4.69) is 77.0 Å². The standard InChI is InChI=1S/C22H33N5S/c1-16(2)27-13-17(3)20(14-27)26-22(23-4)24-12-19-15-28-21(25-19)11-10-18-8-6-5-7-9-18/h5-9,15-17,20H,10-14H2,1-4H3,(H2,23,24,26). The van der Waals surface area contributed by atoms with E-state index in [0.717, 1.165) is 37.6 Å². The van der Waals surface area contributed by atoms with Crippen molar-refractivity contribution in [3.05, 3.63) is 52.0 Å². The van der Waals surface area contributed by atoms with Gasteiger partial charge in [-0.05, 0) is 31.7 Å². The van der Waals surface area contributed by atoms with E-state index in [4.69, 9.17) is 4.98 Å². The molecule has 152 valence electrons. The van der Waals surface area contributed by atoms with Gasteiger partial charge in [0, 0.05) is 44.0 Å². The highest BCUT2D eigenvalue weighted by Crippen LogP contribution is 2.18. The second kappa shape index (κ2) is 10.0. The molecule has 1 aliphatic rings. The van der Waals surface area contributed by atoms with Crippen LogP contribution in [0.1, 0.15) is 37.0 Å². The van der Waals surface area contributed by atoms with Gasteiger partial charge in [0.05, 0.1) is 17.2 Å². The molecule has 2 N–H and O–H groups in total. The Morgan fingerprint density at radius 3 is 2.71 bits per heavy atom. The first kappa shape index (κ1) is 20.8. The lowest BCUT2D eigenvalue weighted by Gasteiger charge is -2.21. The van der Waals surface area contributed by atoms with E-state index in [0.29, 0.717) is 24.5 Å². The van der Waals surface area contributed by atoms with Crippen molar-refractivity contribution in [2.24, 2.45) is 10.9 Å². The third-order valence-corrected chi connectivity index (χ3v) is 6.38. The predicted molar refractivity (Wildman–Crippen MR) is 119 cm³/mol. The minimum absolute atomic E-state index is 0.436. The summed E-state index contributed by atoms with van der Waals surface area (Å²) in [5.74, 6) is 1.48. The van der Waals surface area contributed by atoms with Gasteiger partial charge in [-0.25, -0.2) is 4.98 Å². The van der Waals surface area contributed by atoms with Crippen LogP contribution in [0.2, 0.25) is 0 Å². The van der Waals surface area contributed by atoms with Crippen molar-refractivity contribution in [2.45, 2.75) is 52.2 Å². The topological polar surface area (TPSA) is 52.6 Å². The van der Waals surface area contributed by atoms with E-state index in [1.54, 1.807) is 11.3 Å². The molecular formula is C22H33N5S. The van der Waals surface area contributed by atoms with Gasteiger partial charge in [0.15, 0.2) is 5.96 Å². The van der Waals surface area contributed by atoms with E-state index in [1.165, 1.54) is 10.6 Å². The van der Waals surface area contributed by atoms with E-state index >= 15 is 0 Å². The molecule has 1 fully saturated rings. The molecule has 2 heterocycles. The summed E-state index contributed by atoms with van der Waals surface area (Å²) >= 11 is 1.75. The van der Waals surface area contributed by atoms with E-state index in [1.807, 2.05) is 7.05 Å². The average molecular weight is 400 g/mol. The Morgan fingerprint density at radius 2 is 2.04 bits per heavy atom. The number of benzene rings is 1. The van der Waals surface area contributed by atoms with Crippen LogP contribution in [0.4, 0.5) is 0 Å². The summed E-state index contributed by atoms with van der Waals surface area (Å²) in [6.07, 6.45) is 2.03. The van der Waals surface area contributed by atoms with Gasteiger partial charge in [-0.2, -0.15) is 0 Å². The molecule has 28 heavy (non-hydrogen) atoms. The molecule has 0 aliphatic carbocycles. The smallest absolute Gasteiger partial charge is 0.191 e. The Balaban J connectivity index is 1.46. The van der Waals surface area contributed by atoms with Gasteiger partial charge in [-0.15, -0.1) is 11.3 Å². The molecule has 0 radical (unpaired) electrons. The summed E-state index contributed by atoms with van der Waals surface area (Å²) in [7, 11) is 1.83. The lowest BCUT2D eigenvalue weighted by atomic mass is 10.1. The molecule has 0 spiro atoms. The number of likely N-dealkylation sites (tertiary alicyclic amines) is 1. The number of aryl methyl sites for hydroxylation is 2. The molecule has 2 atom stereocenters. The van der Waals surface area contributed by atoms with Crippen LogP contribution in [0.5, 0.6) is 0 Å². The normalized spacial score (nSPS) is 20.7. The molecule has 6 heteroatoms. The van der Waals surface area contributed by atoms with E-state index in [9.17, 15) is 0 Å². The molecule has 0 amide bonds. The number of hydrogen-bond donors (Lipinski definition) is 2. The number of aromatic nitrogens is 1. The van der Waals surface area contributed by atoms with Gasteiger partial charge in [0.2, 0.25) is 0 Å². The summed E-state index contributed by atoms with van der Waals surface area (Å²) in [6.45, 7) is 9.76. The maximum Gasteiger partial charge on any atom is 0.191 e. The van der Waals surface area contributed by atoms with Crippen molar-refractivity contribution < 1.29 is 0 Å². The van der Waals surface area contributed by atoms with Crippen LogP contribution in [-0.2, 0) is 19.4 Å². The summed E-state index contributed by atoms with van der Waals surface area (Å²) in [6, 6.07) is 11.6. The van der Waals surface area contributed by atoms with Gasteiger partial charge >= 0.3 is 0 Å². The Labute approximate surface area is 173 Å². The van der Waals surface area contributed by atoms with Crippen LogP contribution < -0.4 is 10.6 Å². The average Bonchev–Trinajstić information content (AvgIpc) is 3.31. The lowest BCUT2D eigenvalue weighted by Crippen LogP contribution is -2.46. The molecule has 2 aromatic rings. The van der Waals surface area contributed by atoms with Crippen molar-refractivity contribution in [1.29, 1.82) is 0 Å². The SMILES string of the molecule is CN=C(NCc1csc(CCc2ccccc2)n1)NC1CN(C(C)C)CC1C. The molecule has 1 aromatic heterocycles. The predicted octanol–water partition coefficient (Wildman–Crippen LogP) is 3.32. The fraction of sp³-hybridized carbons (Fsp3) is 0.545. The highest BCUT2D eigenvalue weighted by molar-refractivity contribution is 7.09. The minimum Gasteiger partial charge on any atom is -0.352 e. The third-order valence-electron chi connectivity index (χ3n) is 5.42. The van der Waals surface area contributed by atoms with Crippen molar-refractivity contribution in [1.82, 2.24) is 20.5 Å². The third kappa shape index (κ3) is 5.79. The largest absolute Gasteiger partial charge is 0.352 e. The first-order valence-electron chi connectivity index (χ1n) is 10.2. The van der Waals surface area contributed by atoms with Crippen molar-refractivity contribution in [3.8, 4) is 0 Å². The number of aliphatic imine (C=N–C) groups is 1. The molecule has 1 aliphatic heterocycles. The van der Waals surface area contributed by atoms with E-state index in [-0.39, 0.29) is 0 Å². The molecule has 0 saturated carbocycles. The van der Waals surface area contributed by atoms with Gasteiger partial charge < -0.3 is 10.6 Å². The summed E-state index contributed by atoms with van der Waals surface area (Å²) < 4.78 is 0. The fourth-order valence-electron chi connectivity index (χ4n) is 3.60. The van der Waals surface area contributed by atoms with Crippen LogP contribution in [0.3, 0.4) is 0 Å². The number of nitrogens with zero attached hydrogens (tertiary/aromatic N) is 3. The van der Waals surface area contributed by atoms with Crippen molar-refractivity contribution in [2.75, 3.05) is 20.1 Å². The zero-order valence-corrected chi connectivity index (χ0v) is 18.3. The molecule has 3 rings (SSSR count). The van der Waals surface area contributed by atoms with Crippen LogP contribution in [0, 0.1) is 5.92 Å². The zero-order chi connectivity index (χ0) is 19.9. The Kier molecular flexibility index (Phi) is 7.45. The quantitative estimate of drug-likeness (QED) is 0.554. The Morgan fingerprint density at radius 1 is 1.25 bits per heavy atom. The molecule has 5 nitrogen and oxygen atoms in total. The first-order chi connectivity index (χ1) is 13.5. The van der Waals surface area contributed by atoms with Crippen molar-refractivity contribution >= 4 is 17.3 Å². The number of rotatable bonds is 7. The molecule has 1 aromatic carbocycles. The van der Waals surface area contributed by atoms with Gasteiger partial charge in [-0.1, -0.05) is 37.3 Å². The summed E-state index contributed by atoms with van der Waals surface area (Å²) in [4.78, 5) is 11.7. The zero-order valence-electron chi connectivity index (χ0n) is 17.5. The Bertz CT molecular complexity index is 755. The van der Waals surface area contributed by atoms with Crippen molar-refractivity contribution in [3.63, 3.8) is 0 Å². The molecule has 1 saturated heterocycles. The maximum atomic E-state index is 4.78. The van der Waals surface area contributed by atoms with Crippen LogP contribution in [0.15, 0.2) is 40.7 Å². The number of guanidine groups is 1. The van der Waals surface area contributed by atoms with Crippen LogP contribution >= 0.6 is 11.3 Å². The minimum atomic E-state index is 0.436. The van der Waals surface area contributed by atoms with Gasteiger partial charge in [0.25, 0.3) is 0 Å². The summed E-state index contributed by atoms with van der Waals surface area (Å²) in [5, 5.41) is 10.4. The molecular weight excluding hydrogens is 366 g/mol. The summed E-state index contributed by atoms with van der Waals surface area (Å²) in [5.41, 5.74) is 2.45. The molecule has 0 bridgehead atoms. The maximum absolute atomic E-state index is 4.78. The number of nitrogens with one attached hydrogen (secondary N) is 2. The monoisotopic (exact) mass is 399 g/mol. The number of hydrogen-bond acceptors (Lipinski definition) is 4. The van der Waals surface area contributed by atoms with Gasteiger partial charge in [-0.3, -0.25) is 9.89 Å².